The maximum atomic E-state index is 12.2. The molecule has 2 rings (SSSR count). The molecule has 1 aliphatic rings. The Morgan fingerprint density at radius 2 is 2.05 bits per heavy atom. The lowest BCUT2D eigenvalue weighted by Gasteiger charge is -2.18. The van der Waals surface area contributed by atoms with Crippen molar-refractivity contribution >= 4 is 33.7 Å². The van der Waals surface area contributed by atoms with E-state index in [-0.39, 0.29) is 24.8 Å². The Bertz CT molecular complexity index is 624. The van der Waals surface area contributed by atoms with Crippen molar-refractivity contribution in [1.82, 2.24) is 4.90 Å². The first-order valence-corrected chi connectivity index (χ1v) is 7.27. The van der Waals surface area contributed by atoms with E-state index in [1.54, 1.807) is 32.0 Å². The molecule has 21 heavy (non-hydrogen) atoms. The molecule has 1 saturated heterocycles. The van der Waals surface area contributed by atoms with Crippen LogP contribution in [0.1, 0.15) is 36.2 Å². The molecule has 0 saturated carbocycles. The van der Waals surface area contributed by atoms with Crippen LogP contribution in [-0.4, -0.2) is 29.8 Å². The van der Waals surface area contributed by atoms with Crippen molar-refractivity contribution in [3.63, 3.8) is 0 Å². The van der Waals surface area contributed by atoms with Gasteiger partial charge in [0.25, 0.3) is 0 Å². The van der Waals surface area contributed by atoms with Crippen LogP contribution in [0, 0.1) is 5.41 Å². The minimum Gasteiger partial charge on any atom is -0.465 e. The molecule has 0 radical (unpaired) electrons. The van der Waals surface area contributed by atoms with Gasteiger partial charge in [0.05, 0.1) is 24.6 Å². The fraction of sp³-hybridized carbons (Fsp3) is 0.400. The summed E-state index contributed by atoms with van der Waals surface area (Å²) in [6.07, 6.45) is 0.226. The van der Waals surface area contributed by atoms with Gasteiger partial charge in [0.2, 0.25) is 11.8 Å². The molecule has 1 aromatic carbocycles. The smallest absolute Gasteiger partial charge is 0.337 e. The minimum atomic E-state index is -0.643. The highest BCUT2D eigenvalue weighted by atomic mass is 79.9. The number of methoxy groups -OCH3 is 1. The molecule has 2 amide bonds. The molecular weight excluding hydrogens is 338 g/mol. The van der Waals surface area contributed by atoms with E-state index in [4.69, 9.17) is 0 Å². The maximum Gasteiger partial charge on any atom is 0.337 e. The summed E-state index contributed by atoms with van der Waals surface area (Å²) in [7, 11) is 1.31. The van der Waals surface area contributed by atoms with Crippen LogP contribution in [0.15, 0.2) is 22.7 Å². The van der Waals surface area contributed by atoms with Crippen LogP contribution in [0.4, 0.5) is 0 Å². The van der Waals surface area contributed by atoms with Crippen LogP contribution < -0.4 is 0 Å². The van der Waals surface area contributed by atoms with Gasteiger partial charge in [-0.05, 0) is 17.7 Å². The molecule has 0 N–H and O–H groups in total. The predicted octanol–water partition coefficient (Wildman–Crippen LogP) is 2.52. The molecule has 1 heterocycles. The number of hydrogen-bond donors (Lipinski definition) is 0. The number of carbonyl (C=O) groups excluding carboxylic acids is 3. The Hall–Kier alpha value is -1.69. The highest BCUT2D eigenvalue weighted by Gasteiger charge is 2.44. The third-order valence-electron chi connectivity index (χ3n) is 3.52. The number of hydrogen-bond acceptors (Lipinski definition) is 4. The molecule has 0 spiro atoms. The zero-order chi connectivity index (χ0) is 15.8. The fourth-order valence-electron chi connectivity index (χ4n) is 2.28. The summed E-state index contributed by atoms with van der Waals surface area (Å²) in [5.41, 5.74) is 0.532. The number of imide groups is 1. The topological polar surface area (TPSA) is 63.7 Å². The first-order valence-electron chi connectivity index (χ1n) is 6.48. The van der Waals surface area contributed by atoms with Gasteiger partial charge in [-0.1, -0.05) is 35.8 Å². The summed E-state index contributed by atoms with van der Waals surface area (Å²) in [5.74, 6) is -0.776. The number of benzene rings is 1. The molecule has 6 heteroatoms. The van der Waals surface area contributed by atoms with E-state index in [0.717, 1.165) is 5.56 Å². The molecule has 0 atom stereocenters. The third-order valence-corrected chi connectivity index (χ3v) is 4.26. The second kappa shape index (κ2) is 5.60. The fourth-order valence-corrected chi connectivity index (χ4v) is 2.78. The Morgan fingerprint density at radius 3 is 2.52 bits per heavy atom. The van der Waals surface area contributed by atoms with Gasteiger partial charge in [-0.2, -0.15) is 0 Å². The quantitative estimate of drug-likeness (QED) is 0.618. The monoisotopic (exact) mass is 353 g/mol. The SMILES string of the molecule is COC(=O)c1ccc(CN2C(=O)CC(C)(C)C2=O)c(Br)c1. The van der Waals surface area contributed by atoms with E-state index in [1.807, 2.05) is 0 Å². The molecule has 5 nitrogen and oxygen atoms in total. The van der Waals surface area contributed by atoms with Crippen molar-refractivity contribution in [2.24, 2.45) is 5.41 Å². The third kappa shape index (κ3) is 3.00. The van der Waals surface area contributed by atoms with E-state index in [0.29, 0.717) is 10.0 Å². The first-order chi connectivity index (χ1) is 9.76. The van der Waals surface area contributed by atoms with E-state index < -0.39 is 11.4 Å². The lowest BCUT2D eigenvalue weighted by Crippen LogP contribution is -2.32. The maximum absolute atomic E-state index is 12.2. The summed E-state index contributed by atoms with van der Waals surface area (Å²) >= 11 is 3.36. The molecule has 1 aromatic rings. The molecule has 0 aromatic heterocycles. The number of rotatable bonds is 3. The number of esters is 1. The number of ether oxygens (including phenoxy) is 1. The highest BCUT2D eigenvalue weighted by molar-refractivity contribution is 9.10. The Labute approximate surface area is 131 Å². The van der Waals surface area contributed by atoms with Crippen LogP contribution >= 0.6 is 15.9 Å². The van der Waals surface area contributed by atoms with Crippen molar-refractivity contribution in [2.75, 3.05) is 7.11 Å². The van der Waals surface area contributed by atoms with E-state index in [9.17, 15) is 14.4 Å². The number of amides is 2. The molecule has 112 valence electrons. The van der Waals surface area contributed by atoms with E-state index in [2.05, 4.69) is 20.7 Å². The zero-order valence-electron chi connectivity index (χ0n) is 12.1. The lowest BCUT2D eigenvalue weighted by molar-refractivity contribution is -0.141. The summed E-state index contributed by atoms with van der Waals surface area (Å²) in [6.45, 7) is 3.73. The second-order valence-electron chi connectivity index (χ2n) is 5.64. The largest absolute Gasteiger partial charge is 0.465 e. The van der Waals surface area contributed by atoms with Crippen LogP contribution in [0.25, 0.3) is 0 Å². The van der Waals surface area contributed by atoms with Gasteiger partial charge in [0.1, 0.15) is 0 Å². The van der Waals surface area contributed by atoms with Crippen LogP contribution in [0.3, 0.4) is 0 Å². The van der Waals surface area contributed by atoms with Gasteiger partial charge in [-0.25, -0.2) is 4.79 Å². The molecular formula is C15H16BrNO4. The zero-order valence-corrected chi connectivity index (χ0v) is 13.7. The van der Waals surface area contributed by atoms with Crippen LogP contribution in [0.5, 0.6) is 0 Å². The normalized spacial score (nSPS) is 17.2. The first kappa shape index (κ1) is 15.7. The van der Waals surface area contributed by atoms with Crippen molar-refractivity contribution in [1.29, 1.82) is 0 Å². The van der Waals surface area contributed by atoms with Gasteiger partial charge in [-0.3, -0.25) is 14.5 Å². The van der Waals surface area contributed by atoms with Crippen molar-refractivity contribution < 1.29 is 19.1 Å². The molecule has 0 unspecified atom stereocenters. The van der Waals surface area contributed by atoms with Crippen LogP contribution in [0.2, 0.25) is 0 Å². The lowest BCUT2D eigenvalue weighted by atomic mass is 9.92. The standard InChI is InChI=1S/C15H16BrNO4/c1-15(2)7-12(18)17(14(15)20)8-10-5-4-9(6-11(10)16)13(19)21-3/h4-6H,7-8H2,1-3H3. The predicted molar refractivity (Wildman–Crippen MR) is 79.4 cm³/mol. The van der Waals surface area contributed by atoms with Gasteiger partial charge < -0.3 is 4.74 Å². The summed E-state index contributed by atoms with van der Waals surface area (Å²) < 4.78 is 5.31. The van der Waals surface area contributed by atoms with Crippen molar-refractivity contribution in [3.05, 3.63) is 33.8 Å². The van der Waals surface area contributed by atoms with Crippen molar-refractivity contribution in [2.45, 2.75) is 26.8 Å². The van der Waals surface area contributed by atoms with Crippen molar-refractivity contribution in [3.8, 4) is 0 Å². The summed E-state index contributed by atoms with van der Waals surface area (Å²) in [4.78, 5) is 36.9. The number of likely N-dealkylation sites (tertiary alicyclic amines) is 1. The Balaban J connectivity index is 2.23. The molecule has 0 aliphatic carbocycles. The molecule has 1 aliphatic heterocycles. The van der Waals surface area contributed by atoms with Gasteiger partial charge >= 0.3 is 5.97 Å². The summed E-state index contributed by atoms with van der Waals surface area (Å²) in [5, 5.41) is 0. The number of halogens is 1. The van der Waals surface area contributed by atoms with Gasteiger partial charge in [-0.15, -0.1) is 0 Å². The van der Waals surface area contributed by atoms with Gasteiger partial charge in [0, 0.05) is 10.9 Å². The van der Waals surface area contributed by atoms with E-state index >= 15 is 0 Å². The van der Waals surface area contributed by atoms with E-state index in [1.165, 1.54) is 12.0 Å². The average Bonchev–Trinajstić information content (AvgIpc) is 2.61. The Kier molecular flexibility index (Phi) is 4.18. The molecule has 1 fully saturated rings. The Morgan fingerprint density at radius 1 is 1.38 bits per heavy atom. The van der Waals surface area contributed by atoms with Crippen LogP contribution in [-0.2, 0) is 20.9 Å². The average molecular weight is 354 g/mol. The second-order valence-corrected chi connectivity index (χ2v) is 6.50. The van der Waals surface area contributed by atoms with Gasteiger partial charge in [0.15, 0.2) is 0 Å². The molecule has 0 bridgehead atoms. The summed E-state index contributed by atoms with van der Waals surface area (Å²) in [6, 6.07) is 4.95. The highest BCUT2D eigenvalue weighted by Crippen LogP contribution is 2.33. The minimum absolute atomic E-state index is 0.170. The number of nitrogens with zero attached hydrogens (tertiary/aromatic N) is 1. The number of carbonyl (C=O) groups is 3.